The van der Waals surface area contributed by atoms with E-state index in [0.717, 1.165) is 57.7 Å². The smallest absolute Gasteiger partial charge is 0.241 e. The Morgan fingerprint density at radius 1 is 1.08 bits per heavy atom. The first kappa shape index (κ1) is 17.4. The van der Waals surface area contributed by atoms with Gasteiger partial charge in [-0.1, -0.05) is 12.1 Å². The molecule has 0 radical (unpaired) electrons. The van der Waals surface area contributed by atoms with Gasteiger partial charge in [0.15, 0.2) is 11.6 Å². The topological polar surface area (TPSA) is 47.5 Å². The molecule has 138 valence electrons. The van der Waals surface area contributed by atoms with Gasteiger partial charge < -0.3 is 9.47 Å². The Morgan fingerprint density at radius 2 is 1.88 bits per heavy atom. The fourth-order valence-electron chi connectivity index (χ4n) is 3.94. The Labute approximate surface area is 153 Å². The molecule has 0 unspecified atom stereocenters. The second kappa shape index (κ2) is 8.10. The highest BCUT2D eigenvalue weighted by atomic mass is 19.1. The van der Waals surface area contributed by atoms with Crippen LogP contribution in [0, 0.1) is 5.82 Å². The molecule has 4 rings (SSSR count). The summed E-state index contributed by atoms with van der Waals surface area (Å²) in [6.45, 7) is 3.75. The van der Waals surface area contributed by atoms with Crippen LogP contribution in [-0.4, -0.2) is 47.2 Å². The van der Waals surface area contributed by atoms with E-state index in [0.29, 0.717) is 11.9 Å². The lowest BCUT2D eigenvalue weighted by Gasteiger charge is -2.39. The third kappa shape index (κ3) is 3.86. The molecule has 2 fully saturated rings. The molecule has 0 N–H and O–H groups in total. The Morgan fingerprint density at radius 3 is 2.73 bits per heavy atom. The lowest BCUT2D eigenvalue weighted by atomic mass is 9.92. The summed E-state index contributed by atoms with van der Waals surface area (Å²) < 4.78 is 25.2. The van der Waals surface area contributed by atoms with Gasteiger partial charge in [-0.25, -0.2) is 9.37 Å². The summed E-state index contributed by atoms with van der Waals surface area (Å²) in [5.74, 6) is 0.460. The molecule has 0 spiro atoms. The quantitative estimate of drug-likeness (QED) is 0.834. The number of halogens is 1. The average Bonchev–Trinajstić information content (AvgIpc) is 2.71. The van der Waals surface area contributed by atoms with Gasteiger partial charge in [0.1, 0.15) is 5.69 Å². The summed E-state index contributed by atoms with van der Waals surface area (Å²) in [5, 5.41) is 0. The minimum atomic E-state index is -0.392. The van der Waals surface area contributed by atoms with Gasteiger partial charge >= 0.3 is 0 Å². The highest BCUT2D eigenvalue weighted by molar-refractivity contribution is 5.32. The van der Waals surface area contributed by atoms with Crippen molar-refractivity contribution in [2.75, 3.05) is 26.3 Å². The number of likely N-dealkylation sites (tertiary alicyclic amines) is 1. The van der Waals surface area contributed by atoms with Crippen LogP contribution in [0.25, 0.3) is 0 Å². The second-order valence-electron chi connectivity index (χ2n) is 6.96. The summed E-state index contributed by atoms with van der Waals surface area (Å²) in [5.41, 5.74) is 0.826. The van der Waals surface area contributed by atoms with Gasteiger partial charge in [0.2, 0.25) is 5.88 Å². The number of ether oxygens (including phenoxy) is 2. The maximum atomic E-state index is 14.0. The molecule has 1 aromatic carbocycles. The third-order valence-corrected chi connectivity index (χ3v) is 5.28. The van der Waals surface area contributed by atoms with E-state index in [9.17, 15) is 4.39 Å². The molecule has 0 bridgehead atoms. The SMILES string of the molecule is Fc1ccccc1Oc1nccnc1[C@H]1CCCN(C2CCOCC2)C1. The zero-order valence-electron chi connectivity index (χ0n) is 14.8. The van der Waals surface area contributed by atoms with Crippen molar-refractivity contribution < 1.29 is 13.9 Å². The molecule has 1 atom stereocenters. The van der Waals surface area contributed by atoms with Crippen LogP contribution < -0.4 is 4.74 Å². The van der Waals surface area contributed by atoms with Gasteiger partial charge in [-0.15, -0.1) is 0 Å². The molecule has 26 heavy (non-hydrogen) atoms. The molecule has 0 aliphatic carbocycles. The maximum Gasteiger partial charge on any atom is 0.241 e. The Balaban J connectivity index is 1.52. The molecule has 5 nitrogen and oxygen atoms in total. The molecular formula is C20H24FN3O2. The molecule has 2 aliphatic heterocycles. The van der Waals surface area contributed by atoms with Crippen molar-refractivity contribution in [1.82, 2.24) is 14.9 Å². The van der Waals surface area contributed by atoms with Crippen LogP contribution in [0.2, 0.25) is 0 Å². The molecule has 2 saturated heterocycles. The van der Waals surface area contributed by atoms with E-state index in [1.54, 1.807) is 30.6 Å². The van der Waals surface area contributed by atoms with Gasteiger partial charge in [-0.05, 0) is 44.4 Å². The number of para-hydroxylation sites is 1. The van der Waals surface area contributed by atoms with Crippen LogP contribution >= 0.6 is 0 Å². The van der Waals surface area contributed by atoms with Crippen LogP contribution in [0.5, 0.6) is 11.6 Å². The zero-order chi connectivity index (χ0) is 17.8. The molecule has 2 aliphatic rings. The van der Waals surface area contributed by atoms with Gasteiger partial charge in [0.25, 0.3) is 0 Å². The minimum Gasteiger partial charge on any atom is -0.434 e. The molecule has 0 amide bonds. The molecular weight excluding hydrogens is 333 g/mol. The first-order chi connectivity index (χ1) is 12.8. The third-order valence-electron chi connectivity index (χ3n) is 5.28. The van der Waals surface area contributed by atoms with Crippen molar-refractivity contribution in [2.24, 2.45) is 0 Å². The number of hydrogen-bond donors (Lipinski definition) is 0. The molecule has 6 heteroatoms. The molecule has 0 saturated carbocycles. The summed E-state index contributed by atoms with van der Waals surface area (Å²) in [4.78, 5) is 11.4. The van der Waals surface area contributed by atoms with E-state index >= 15 is 0 Å². The fourth-order valence-corrected chi connectivity index (χ4v) is 3.94. The summed E-state index contributed by atoms with van der Waals surface area (Å²) in [7, 11) is 0. The van der Waals surface area contributed by atoms with Crippen LogP contribution in [0.15, 0.2) is 36.7 Å². The predicted octanol–water partition coefficient (Wildman–Crippen LogP) is 3.77. The average molecular weight is 357 g/mol. The standard InChI is InChI=1S/C20H24FN3O2/c21-17-5-1-2-6-18(17)26-20-19(22-9-10-23-20)15-4-3-11-24(14-15)16-7-12-25-13-8-16/h1-2,5-6,9-10,15-16H,3-4,7-8,11-14H2/t15-/m0/s1. The van der Waals surface area contributed by atoms with Crippen molar-refractivity contribution >= 4 is 0 Å². The number of aromatic nitrogens is 2. The van der Waals surface area contributed by atoms with E-state index in [4.69, 9.17) is 9.47 Å². The van der Waals surface area contributed by atoms with E-state index in [1.807, 2.05) is 0 Å². The van der Waals surface area contributed by atoms with Crippen molar-refractivity contribution in [1.29, 1.82) is 0 Å². The number of nitrogens with zero attached hydrogens (tertiary/aromatic N) is 3. The van der Waals surface area contributed by atoms with Crippen molar-refractivity contribution in [3.05, 3.63) is 48.2 Å². The highest BCUT2D eigenvalue weighted by Crippen LogP contribution is 2.34. The number of benzene rings is 1. The van der Waals surface area contributed by atoms with Gasteiger partial charge in [0.05, 0.1) is 0 Å². The highest BCUT2D eigenvalue weighted by Gasteiger charge is 2.30. The van der Waals surface area contributed by atoms with Gasteiger partial charge in [-0.2, -0.15) is 0 Å². The van der Waals surface area contributed by atoms with Crippen molar-refractivity contribution in [3.8, 4) is 11.6 Å². The largest absolute Gasteiger partial charge is 0.434 e. The maximum absolute atomic E-state index is 14.0. The Hall–Kier alpha value is -2.05. The molecule has 1 aromatic heterocycles. The van der Waals surface area contributed by atoms with E-state index in [-0.39, 0.29) is 11.7 Å². The number of rotatable bonds is 4. The van der Waals surface area contributed by atoms with Crippen LogP contribution in [0.4, 0.5) is 4.39 Å². The number of hydrogen-bond acceptors (Lipinski definition) is 5. The zero-order valence-corrected chi connectivity index (χ0v) is 14.8. The van der Waals surface area contributed by atoms with Crippen molar-refractivity contribution in [3.63, 3.8) is 0 Å². The Kier molecular flexibility index (Phi) is 5.41. The van der Waals surface area contributed by atoms with Gasteiger partial charge in [-0.3, -0.25) is 9.88 Å². The van der Waals surface area contributed by atoms with Crippen LogP contribution in [-0.2, 0) is 4.74 Å². The molecule has 3 heterocycles. The Bertz CT molecular complexity index is 737. The monoisotopic (exact) mass is 357 g/mol. The van der Waals surface area contributed by atoms with Crippen LogP contribution in [0.1, 0.15) is 37.3 Å². The summed E-state index contributed by atoms with van der Waals surface area (Å²) in [6.07, 6.45) is 7.64. The van der Waals surface area contributed by atoms with E-state index < -0.39 is 5.82 Å². The van der Waals surface area contributed by atoms with E-state index in [1.165, 1.54) is 6.07 Å². The van der Waals surface area contributed by atoms with Gasteiger partial charge in [0, 0.05) is 44.1 Å². The first-order valence-corrected chi connectivity index (χ1v) is 9.36. The van der Waals surface area contributed by atoms with E-state index in [2.05, 4.69) is 14.9 Å². The summed E-state index contributed by atoms with van der Waals surface area (Å²) >= 11 is 0. The minimum absolute atomic E-state index is 0.186. The lowest BCUT2D eigenvalue weighted by molar-refractivity contribution is 0.0236. The van der Waals surface area contributed by atoms with Crippen molar-refractivity contribution in [2.45, 2.75) is 37.6 Å². The molecule has 2 aromatic rings. The van der Waals surface area contributed by atoms with Crippen LogP contribution in [0.3, 0.4) is 0 Å². The summed E-state index contributed by atoms with van der Waals surface area (Å²) in [6, 6.07) is 6.98. The normalized spacial score (nSPS) is 22.3. The number of piperidine rings is 1. The second-order valence-corrected chi connectivity index (χ2v) is 6.96. The predicted molar refractivity (Wildman–Crippen MR) is 95.9 cm³/mol. The lowest BCUT2D eigenvalue weighted by Crippen LogP contribution is -2.44. The first-order valence-electron chi connectivity index (χ1n) is 9.36. The fraction of sp³-hybridized carbons (Fsp3) is 0.500.